The van der Waals surface area contributed by atoms with Crippen molar-refractivity contribution in [1.82, 2.24) is 5.32 Å². The van der Waals surface area contributed by atoms with E-state index in [0.717, 1.165) is 19.3 Å². The lowest BCUT2D eigenvalue weighted by Gasteiger charge is -2.13. The van der Waals surface area contributed by atoms with Crippen molar-refractivity contribution in [2.24, 2.45) is 0 Å². The lowest BCUT2D eigenvalue weighted by molar-refractivity contribution is -0.139. The molecule has 2 unspecified atom stereocenters. The molecule has 1 heterocycles. The van der Waals surface area contributed by atoms with E-state index in [4.69, 9.17) is 5.11 Å². The van der Waals surface area contributed by atoms with Crippen LogP contribution >= 0.6 is 0 Å². The Bertz CT molecular complexity index is 282. The van der Waals surface area contributed by atoms with Crippen molar-refractivity contribution >= 4 is 5.97 Å². The van der Waals surface area contributed by atoms with E-state index < -0.39 is 5.97 Å². The van der Waals surface area contributed by atoms with Crippen LogP contribution in [0.3, 0.4) is 0 Å². The van der Waals surface area contributed by atoms with E-state index in [9.17, 15) is 4.79 Å². The number of rotatable bonds is 4. The fourth-order valence-electron chi connectivity index (χ4n) is 1.96. The summed E-state index contributed by atoms with van der Waals surface area (Å²) in [6.45, 7) is 8.07. The van der Waals surface area contributed by atoms with Crippen LogP contribution in [0, 0.1) is 0 Å². The van der Waals surface area contributed by atoms with E-state index in [2.05, 4.69) is 24.4 Å². The van der Waals surface area contributed by atoms with E-state index in [1.165, 1.54) is 5.57 Å². The molecule has 0 radical (unpaired) electrons. The van der Waals surface area contributed by atoms with Crippen LogP contribution in [0.4, 0.5) is 0 Å². The molecule has 0 saturated carbocycles. The molecule has 1 rings (SSSR count). The van der Waals surface area contributed by atoms with Gasteiger partial charge in [0.1, 0.15) is 6.04 Å². The Kier molecular flexibility index (Phi) is 8.42. The van der Waals surface area contributed by atoms with Gasteiger partial charge in [-0.2, -0.15) is 0 Å². The van der Waals surface area contributed by atoms with Crippen LogP contribution in [-0.4, -0.2) is 23.2 Å². The van der Waals surface area contributed by atoms with Gasteiger partial charge in [0.25, 0.3) is 0 Å². The molecular weight excluding hydrogens is 214 g/mol. The molecule has 0 aromatic heterocycles. The molecule has 1 aliphatic heterocycles. The molecule has 0 bridgehead atoms. The molecule has 2 atom stereocenters. The normalized spacial score (nSPS) is 24.6. The topological polar surface area (TPSA) is 49.3 Å². The average molecular weight is 239 g/mol. The van der Waals surface area contributed by atoms with E-state index in [0.29, 0.717) is 0 Å². The summed E-state index contributed by atoms with van der Waals surface area (Å²) in [5.41, 5.74) is 1.21. The second-order valence-corrected chi connectivity index (χ2v) is 3.80. The summed E-state index contributed by atoms with van der Waals surface area (Å²) in [7, 11) is 0. The number of aliphatic carboxylic acids is 1. The Morgan fingerprint density at radius 2 is 1.94 bits per heavy atom. The molecule has 2 N–H and O–H groups in total. The van der Waals surface area contributed by atoms with Gasteiger partial charge in [0.15, 0.2) is 0 Å². The quantitative estimate of drug-likeness (QED) is 0.741. The van der Waals surface area contributed by atoms with Crippen molar-refractivity contribution in [3.8, 4) is 0 Å². The average Bonchev–Trinajstić information content (AvgIpc) is 2.81. The van der Waals surface area contributed by atoms with Crippen molar-refractivity contribution in [3.63, 3.8) is 0 Å². The first kappa shape index (κ1) is 15.9. The van der Waals surface area contributed by atoms with Crippen LogP contribution in [0.5, 0.6) is 0 Å². The van der Waals surface area contributed by atoms with E-state index in [1.54, 1.807) is 0 Å². The van der Waals surface area contributed by atoms with Crippen molar-refractivity contribution < 1.29 is 9.90 Å². The maximum Gasteiger partial charge on any atom is 0.320 e. The number of hydrogen-bond acceptors (Lipinski definition) is 2. The molecule has 17 heavy (non-hydrogen) atoms. The lowest BCUT2D eigenvalue weighted by atomic mass is 10.0. The SMILES string of the molecule is C/C=C\C(=C/CC)C1CCC(C(=O)O)N1.CC. The zero-order chi connectivity index (χ0) is 13.3. The van der Waals surface area contributed by atoms with E-state index in [1.807, 2.05) is 26.8 Å². The molecule has 3 heteroatoms. The third-order valence-corrected chi connectivity index (χ3v) is 2.65. The Labute approximate surface area is 105 Å². The van der Waals surface area contributed by atoms with Crippen LogP contribution < -0.4 is 5.32 Å². The first-order chi connectivity index (χ1) is 8.19. The standard InChI is InChI=1S/C12H19NO2.C2H6/c1-3-5-9(6-4-2)10-7-8-11(13-10)12(14)15;1-2/h3,5-6,10-11,13H,4,7-8H2,1-2H3,(H,14,15);1-2H3/b5-3-,9-6+;. The van der Waals surface area contributed by atoms with Gasteiger partial charge in [-0.3, -0.25) is 10.1 Å². The smallest absolute Gasteiger partial charge is 0.320 e. The summed E-state index contributed by atoms with van der Waals surface area (Å²) < 4.78 is 0. The largest absolute Gasteiger partial charge is 0.480 e. The summed E-state index contributed by atoms with van der Waals surface area (Å²) in [5, 5.41) is 12.0. The number of nitrogens with one attached hydrogen (secondary N) is 1. The van der Waals surface area contributed by atoms with Gasteiger partial charge < -0.3 is 5.11 Å². The van der Waals surface area contributed by atoms with Gasteiger partial charge in [-0.05, 0) is 31.8 Å². The van der Waals surface area contributed by atoms with Gasteiger partial charge in [0.05, 0.1) is 0 Å². The maximum absolute atomic E-state index is 10.8. The predicted octanol–water partition coefficient (Wildman–Crippen LogP) is 3.13. The Morgan fingerprint density at radius 3 is 2.35 bits per heavy atom. The fraction of sp³-hybridized carbons (Fsp3) is 0.643. The highest BCUT2D eigenvalue weighted by Crippen LogP contribution is 2.20. The zero-order valence-electron chi connectivity index (χ0n) is 11.4. The third-order valence-electron chi connectivity index (χ3n) is 2.65. The van der Waals surface area contributed by atoms with Crippen molar-refractivity contribution in [2.75, 3.05) is 0 Å². The minimum atomic E-state index is -0.742. The number of carboxylic acids is 1. The van der Waals surface area contributed by atoms with Crippen LogP contribution in [0.1, 0.15) is 47.0 Å². The molecule has 0 aliphatic carbocycles. The fourth-order valence-corrected chi connectivity index (χ4v) is 1.96. The maximum atomic E-state index is 10.8. The number of carbonyl (C=O) groups is 1. The van der Waals surface area contributed by atoms with Crippen LogP contribution in [0.15, 0.2) is 23.8 Å². The van der Waals surface area contributed by atoms with E-state index in [-0.39, 0.29) is 12.1 Å². The summed E-state index contributed by atoms with van der Waals surface area (Å²) in [6, 6.07) is -0.164. The molecule has 0 aromatic carbocycles. The number of allylic oxidation sites excluding steroid dienone is 2. The number of carboxylic acid groups (broad SMARTS) is 1. The van der Waals surface area contributed by atoms with Gasteiger partial charge in [0, 0.05) is 6.04 Å². The van der Waals surface area contributed by atoms with E-state index >= 15 is 0 Å². The van der Waals surface area contributed by atoms with Crippen molar-refractivity contribution in [1.29, 1.82) is 0 Å². The summed E-state index contributed by atoms with van der Waals surface area (Å²) in [4.78, 5) is 10.8. The Morgan fingerprint density at radius 1 is 1.35 bits per heavy atom. The minimum absolute atomic E-state index is 0.210. The highest BCUT2D eigenvalue weighted by molar-refractivity contribution is 5.74. The highest BCUT2D eigenvalue weighted by atomic mass is 16.4. The first-order valence-corrected chi connectivity index (χ1v) is 6.50. The first-order valence-electron chi connectivity index (χ1n) is 6.50. The van der Waals surface area contributed by atoms with Crippen molar-refractivity contribution in [3.05, 3.63) is 23.8 Å². The van der Waals surface area contributed by atoms with Crippen molar-refractivity contribution in [2.45, 2.75) is 59.0 Å². The van der Waals surface area contributed by atoms with Crippen LogP contribution in [0.2, 0.25) is 0 Å². The molecule has 98 valence electrons. The predicted molar refractivity (Wildman–Crippen MR) is 72.1 cm³/mol. The third kappa shape index (κ3) is 5.18. The summed E-state index contributed by atoms with van der Waals surface area (Å²) >= 11 is 0. The molecule has 1 aliphatic rings. The van der Waals surface area contributed by atoms with Gasteiger partial charge >= 0.3 is 5.97 Å². The molecule has 1 fully saturated rings. The molecular formula is C14H25NO2. The second-order valence-electron chi connectivity index (χ2n) is 3.80. The Balaban J connectivity index is 0.00000121. The van der Waals surface area contributed by atoms with Gasteiger partial charge in [-0.25, -0.2) is 0 Å². The minimum Gasteiger partial charge on any atom is -0.480 e. The monoisotopic (exact) mass is 239 g/mol. The molecule has 1 saturated heterocycles. The molecule has 0 aromatic rings. The van der Waals surface area contributed by atoms with Gasteiger partial charge in [-0.1, -0.05) is 39.0 Å². The lowest BCUT2D eigenvalue weighted by Crippen LogP contribution is -2.35. The van der Waals surface area contributed by atoms with Crippen LogP contribution in [0.25, 0.3) is 0 Å². The Hall–Kier alpha value is -1.09. The summed E-state index contributed by atoms with van der Waals surface area (Å²) in [6.07, 6.45) is 8.83. The zero-order valence-corrected chi connectivity index (χ0v) is 11.4. The summed E-state index contributed by atoms with van der Waals surface area (Å²) in [5.74, 6) is -0.742. The highest BCUT2D eigenvalue weighted by Gasteiger charge is 2.29. The van der Waals surface area contributed by atoms with Crippen LogP contribution in [-0.2, 0) is 4.79 Å². The molecule has 0 amide bonds. The van der Waals surface area contributed by atoms with Gasteiger partial charge in [0.2, 0.25) is 0 Å². The molecule has 3 nitrogen and oxygen atoms in total. The second kappa shape index (κ2) is 8.99. The molecule has 0 spiro atoms. The van der Waals surface area contributed by atoms with Gasteiger partial charge in [-0.15, -0.1) is 0 Å². The number of hydrogen-bond donors (Lipinski definition) is 2.